The molecule has 0 aromatic heterocycles. The van der Waals surface area contributed by atoms with Gasteiger partial charge in [0.2, 0.25) is 0 Å². The second-order valence-corrected chi connectivity index (χ2v) is 5.91. The molecule has 1 N–H and O–H groups in total. The fourth-order valence-corrected chi connectivity index (χ4v) is 3.01. The number of hydrogen-bond donors (Lipinski definition) is 1. The van der Waals surface area contributed by atoms with Gasteiger partial charge in [-0.1, -0.05) is 0 Å². The standard InChI is InChI=1S/C14H19IN2O3/c1-17(9-4-5-16-8-9)14(18)10-6-12(19-2)13(20-3)7-11(10)15/h6-7,9,16H,4-5,8H2,1-3H3. The third-order valence-corrected chi connectivity index (χ3v) is 4.50. The molecule has 0 saturated carbocycles. The SMILES string of the molecule is COc1cc(I)c(C(=O)N(C)C2CCNC2)cc1OC. The molecule has 1 aliphatic heterocycles. The average molecular weight is 390 g/mol. The Kier molecular flexibility index (Phi) is 5.09. The van der Waals surface area contributed by atoms with Gasteiger partial charge in [-0.15, -0.1) is 0 Å². The molecule has 110 valence electrons. The van der Waals surface area contributed by atoms with Gasteiger partial charge in [0.15, 0.2) is 11.5 Å². The molecule has 1 unspecified atom stereocenters. The van der Waals surface area contributed by atoms with E-state index in [4.69, 9.17) is 9.47 Å². The summed E-state index contributed by atoms with van der Waals surface area (Å²) in [6.45, 7) is 1.82. The minimum absolute atomic E-state index is 0.0176. The van der Waals surface area contributed by atoms with E-state index in [2.05, 4.69) is 27.9 Å². The van der Waals surface area contributed by atoms with Crippen LogP contribution in [0.2, 0.25) is 0 Å². The number of nitrogens with one attached hydrogen (secondary N) is 1. The molecule has 1 fully saturated rings. The molecule has 0 radical (unpaired) electrons. The summed E-state index contributed by atoms with van der Waals surface area (Å²) in [5, 5.41) is 3.27. The van der Waals surface area contributed by atoms with Crippen LogP contribution in [0.4, 0.5) is 0 Å². The van der Waals surface area contributed by atoms with Crippen LogP contribution in [-0.4, -0.2) is 51.2 Å². The Labute approximate surface area is 132 Å². The molecule has 5 nitrogen and oxygen atoms in total. The number of nitrogens with zero attached hydrogens (tertiary/aromatic N) is 1. The van der Waals surface area contributed by atoms with E-state index in [1.54, 1.807) is 20.3 Å². The number of hydrogen-bond acceptors (Lipinski definition) is 4. The largest absolute Gasteiger partial charge is 0.493 e. The van der Waals surface area contributed by atoms with Crippen LogP contribution in [0.25, 0.3) is 0 Å². The van der Waals surface area contributed by atoms with Crippen LogP contribution in [0, 0.1) is 3.57 Å². The van der Waals surface area contributed by atoms with Crippen molar-refractivity contribution in [1.82, 2.24) is 10.2 Å². The van der Waals surface area contributed by atoms with Crippen molar-refractivity contribution in [2.45, 2.75) is 12.5 Å². The van der Waals surface area contributed by atoms with Crippen LogP contribution < -0.4 is 14.8 Å². The number of rotatable bonds is 4. The molecule has 1 aliphatic rings. The van der Waals surface area contributed by atoms with E-state index in [1.807, 2.05) is 18.0 Å². The van der Waals surface area contributed by atoms with E-state index in [9.17, 15) is 4.79 Å². The fraction of sp³-hybridized carbons (Fsp3) is 0.500. The van der Waals surface area contributed by atoms with Crippen molar-refractivity contribution in [2.24, 2.45) is 0 Å². The number of ether oxygens (including phenoxy) is 2. The van der Waals surface area contributed by atoms with Crippen LogP contribution in [0.1, 0.15) is 16.8 Å². The molecule has 1 heterocycles. The van der Waals surface area contributed by atoms with Crippen molar-refractivity contribution >= 4 is 28.5 Å². The molecule has 0 aliphatic carbocycles. The van der Waals surface area contributed by atoms with Gasteiger partial charge in [-0.2, -0.15) is 0 Å². The Morgan fingerprint density at radius 2 is 2.00 bits per heavy atom. The molecule has 6 heteroatoms. The minimum atomic E-state index is 0.0176. The number of carbonyl (C=O) groups is 1. The highest BCUT2D eigenvalue weighted by atomic mass is 127. The molecule has 1 aromatic carbocycles. The molecule has 1 saturated heterocycles. The first kappa shape index (κ1) is 15.4. The molecular formula is C14H19IN2O3. The number of methoxy groups -OCH3 is 2. The summed E-state index contributed by atoms with van der Waals surface area (Å²) in [4.78, 5) is 14.4. The zero-order chi connectivity index (χ0) is 14.7. The smallest absolute Gasteiger partial charge is 0.255 e. The first-order valence-electron chi connectivity index (χ1n) is 6.48. The highest BCUT2D eigenvalue weighted by Crippen LogP contribution is 2.32. The minimum Gasteiger partial charge on any atom is -0.493 e. The Hall–Kier alpha value is -1.02. The molecule has 0 spiro atoms. The molecule has 1 aromatic rings. The molecule has 0 bridgehead atoms. The highest BCUT2D eigenvalue weighted by Gasteiger charge is 2.26. The van der Waals surface area contributed by atoms with E-state index in [0.29, 0.717) is 17.1 Å². The van der Waals surface area contributed by atoms with Crippen LogP contribution in [0.15, 0.2) is 12.1 Å². The van der Waals surface area contributed by atoms with Gasteiger partial charge in [-0.3, -0.25) is 4.79 Å². The van der Waals surface area contributed by atoms with Crippen LogP contribution >= 0.6 is 22.6 Å². The van der Waals surface area contributed by atoms with E-state index >= 15 is 0 Å². The summed E-state index contributed by atoms with van der Waals surface area (Å²) >= 11 is 2.16. The maximum Gasteiger partial charge on any atom is 0.255 e. The lowest BCUT2D eigenvalue weighted by Crippen LogP contribution is -2.38. The summed E-state index contributed by atoms with van der Waals surface area (Å²) in [6, 6.07) is 3.83. The van der Waals surface area contributed by atoms with Gasteiger partial charge in [-0.25, -0.2) is 0 Å². The Bertz CT molecular complexity index is 501. The van der Waals surface area contributed by atoms with E-state index in [1.165, 1.54) is 0 Å². The molecule has 1 amide bonds. The van der Waals surface area contributed by atoms with Gasteiger partial charge in [0.25, 0.3) is 5.91 Å². The predicted octanol–water partition coefficient (Wildman–Crippen LogP) is 1.74. The van der Waals surface area contributed by atoms with Crippen molar-refractivity contribution in [3.8, 4) is 11.5 Å². The lowest BCUT2D eigenvalue weighted by molar-refractivity contribution is 0.0742. The maximum absolute atomic E-state index is 12.6. The highest BCUT2D eigenvalue weighted by molar-refractivity contribution is 14.1. The lowest BCUT2D eigenvalue weighted by atomic mass is 10.1. The number of amides is 1. The van der Waals surface area contributed by atoms with E-state index < -0.39 is 0 Å². The van der Waals surface area contributed by atoms with Crippen molar-refractivity contribution in [3.63, 3.8) is 0 Å². The first-order valence-corrected chi connectivity index (χ1v) is 7.55. The first-order chi connectivity index (χ1) is 9.58. The van der Waals surface area contributed by atoms with E-state index in [0.717, 1.165) is 23.1 Å². The van der Waals surface area contributed by atoms with Gasteiger partial charge >= 0.3 is 0 Å². The Morgan fingerprint density at radius 3 is 2.55 bits per heavy atom. The van der Waals surface area contributed by atoms with Gasteiger partial charge in [-0.05, 0) is 47.7 Å². The van der Waals surface area contributed by atoms with Gasteiger partial charge < -0.3 is 19.7 Å². The molecule has 1 atom stereocenters. The van der Waals surface area contributed by atoms with Gasteiger partial charge in [0.05, 0.1) is 19.8 Å². The fourth-order valence-electron chi connectivity index (χ4n) is 2.34. The van der Waals surface area contributed by atoms with Crippen LogP contribution in [-0.2, 0) is 0 Å². The third-order valence-electron chi connectivity index (χ3n) is 3.61. The normalized spacial score (nSPS) is 17.9. The predicted molar refractivity (Wildman–Crippen MR) is 85.6 cm³/mol. The third kappa shape index (κ3) is 3.01. The second kappa shape index (κ2) is 6.62. The summed E-state index contributed by atoms with van der Waals surface area (Å²) < 4.78 is 11.4. The lowest BCUT2D eigenvalue weighted by Gasteiger charge is -2.24. The second-order valence-electron chi connectivity index (χ2n) is 4.75. The average Bonchev–Trinajstić information content (AvgIpc) is 2.99. The van der Waals surface area contributed by atoms with Gasteiger partial charge in [0.1, 0.15) is 0 Å². The summed E-state index contributed by atoms with van der Waals surface area (Å²) in [5.41, 5.74) is 0.651. The van der Waals surface area contributed by atoms with Crippen molar-refractivity contribution in [2.75, 3.05) is 34.4 Å². The van der Waals surface area contributed by atoms with Crippen LogP contribution in [0.5, 0.6) is 11.5 Å². The van der Waals surface area contributed by atoms with Crippen molar-refractivity contribution < 1.29 is 14.3 Å². The summed E-state index contributed by atoms with van der Waals surface area (Å²) in [5.74, 6) is 1.23. The monoisotopic (exact) mass is 390 g/mol. The summed E-state index contributed by atoms with van der Waals surface area (Å²) in [7, 11) is 5.02. The maximum atomic E-state index is 12.6. The number of likely N-dealkylation sites (N-methyl/N-ethyl adjacent to an activating group) is 1. The zero-order valence-corrected chi connectivity index (χ0v) is 14.1. The molecule has 20 heavy (non-hydrogen) atoms. The Morgan fingerprint density at radius 1 is 1.35 bits per heavy atom. The number of halogens is 1. The number of benzene rings is 1. The van der Waals surface area contributed by atoms with Crippen molar-refractivity contribution in [3.05, 3.63) is 21.3 Å². The van der Waals surface area contributed by atoms with Crippen LogP contribution in [0.3, 0.4) is 0 Å². The van der Waals surface area contributed by atoms with E-state index in [-0.39, 0.29) is 11.9 Å². The topological polar surface area (TPSA) is 50.8 Å². The quantitative estimate of drug-likeness (QED) is 0.796. The number of carbonyl (C=O) groups excluding carboxylic acids is 1. The summed E-state index contributed by atoms with van der Waals surface area (Å²) in [6.07, 6.45) is 0.992. The zero-order valence-electron chi connectivity index (χ0n) is 11.9. The molecular weight excluding hydrogens is 371 g/mol. The van der Waals surface area contributed by atoms with Gasteiger partial charge in [0, 0.05) is 23.2 Å². The molecule has 2 rings (SSSR count). The Balaban J connectivity index is 2.29. The van der Waals surface area contributed by atoms with Crippen molar-refractivity contribution in [1.29, 1.82) is 0 Å².